The van der Waals surface area contributed by atoms with Crippen molar-refractivity contribution in [1.82, 2.24) is 4.90 Å². The number of phenolic OH excluding ortho intramolecular Hbond substituents is 1. The van der Waals surface area contributed by atoms with Crippen molar-refractivity contribution in [2.45, 2.75) is 19.8 Å². The van der Waals surface area contributed by atoms with Crippen LogP contribution in [0.3, 0.4) is 0 Å². The fourth-order valence-corrected chi connectivity index (χ4v) is 2.30. The third-order valence-corrected chi connectivity index (χ3v) is 3.69. The first-order valence-electron chi connectivity index (χ1n) is 6.40. The molecule has 18 heavy (non-hydrogen) atoms. The van der Waals surface area contributed by atoms with Gasteiger partial charge in [-0.15, -0.1) is 0 Å². The molecule has 0 aliphatic carbocycles. The van der Waals surface area contributed by atoms with Crippen LogP contribution >= 0.6 is 0 Å². The summed E-state index contributed by atoms with van der Waals surface area (Å²) in [5, 5.41) is 9.64. The van der Waals surface area contributed by atoms with Gasteiger partial charge in [0, 0.05) is 18.7 Å². The third kappa shape index (κ3) is 2.64. The van der Waals surface area contributed by atoms with Gasteiger partial charge in [0.25, 0.3) is 5.91 Å². The van der Waals surface area contributed by atoms with E-state index in [1.165, 1.54) is 0 Å². The van der Waals surface area contributed by atoms with Crippen molar-refractivity contribution < 1.29 is 9.90 Å². The van der Waals surface area contributed by atoms with Crippen molar-refractivity contribution in [2.75, 3.05) is 19.6 Å². The smallest absolute Gasteiger partial charge is 0.253 e. The molecule has 1 saturated heterocycles. The molecule has 0 saturated carbocycles. The number of rotatable bonds is 2. The zero-order valence-electron chi connectivity index (χ0n) is 10.7. The number of benzene rings is 1. The molecule has 1 aromatic rings. The van der Waals surface area contributed by atoms with E-state index in [9.17, 15) is 9.90 Å². The normalized spacial score (nSPS) is 16.9. The molecular weight excluding hydrogens is 228 g/mol. The predicted molar refractivity (Wildman–Crippen MR) is 70.5 cm³/mol. The number of nitrogens with zero attached hydrogens (tertiary/aromatic N) is 1. The van der Waals surface area contributed by atoms with Crippen molar-refractivity contribution >= 4 is 5.91 Å². The Kier molecular flexibility index (Phi) is 3.87. The zero-order chi connectivity index (χ0) is 13.1. The Balaban J connectivity index is 2.05. The Morgan fingerprint density at radius 2 is 2.11 bits per heavy atom. The molecule has 1 aliphatic rings. The molecule has 1 fully saturated rings. The Hall–Kier alpha value is -1.55. The molecule has 1 aromatic carbocycles. The zero-order valence-corrected chi connectivity index (χ0v) is 10.7. The average Bonchev–Trinajstić information content (AvgIpc) is 2.41. The van der Waals surface area contributed by atoms with Gasteiger partial charge >= 0.3 is 0 Å². The first-order chi connectivity index (χ1) is 8.61. The quantitative estimate of drug-likeness (QED) is 0.833. The van der Waals surface area contributed by atoms with Crippen LogP contribution in [0.4, 0.5) is 0 Å². The Labute approximate surface area is 107 Å². The number of nitrogens with two attached hydrogens (primary N) is 1. The molecule has 3 N–H and O–H groups in total. The van der Waals surface area contributed by atoms with Gasteiger partial charge in [0.2, 0.25) is 0 Å². The summed E-state index contributed by atoms with van der Waals surface area (Å²) in [7, 11) is 0. The molecule has 0 unspecified atom stereocenters. The van der Waals surface area contributed by atoms with Crippen LogP contribution in [0.1, 0.15) is 28.8 Å². The minimum Gasteiger partial charge on any atom is -0.508 e. The Morgan fingerprint density at radius 1 is 1.44 bits per heavy atom. The maximum absolute atomic E-state index is 12.2. The summed E-state index contributed by atoms with van der Waals surface area (Å²) >= 11 is 0. The van der Waals surface area contributed by atoms with E-state index in [0.717, 1.165) is 31.5 Å². The van der Waals surface area contributed by atoms with E-state index in [2.05, 4.69) is 0 Å². The molecule has 2 rings (SSSR count). The second-order valence-electron chi connectivity index (χ2n) is 4.97. The van der Waals surface area contributed by atoms with Gasteiger partial charge in [0.1, 0.15) is 5.75 Å². The van der Waals surface area contributed by atoms with Gasteiger partial charge in [-0.2, -0.15) is 0 Å². The molecule has 0 spiro atoms. The molecule has 0 aromatic heterocycles. The summed E-state index contributed by atoms with van der Waals surface area (Å²) in [5.41, 5.74) is 6.98. The first kappa shape index (κ1) is 12.9. The maximum atomic E-state index is 12.2. The number of aryl methyl sites for hydroxylation is 1. The van der Waals surface area contributed by atoms with Gasteiger partial charge < -0.3 is 15.7 Å². The molecule has 0 atom stereocenters. The highest BCUT2D eigenvalue weighted by Gasteiger charge is 2.23. The monoisotopic (exact) mass is 248 g/mol. The van der Waals surface area contributed by atoms with Crippen LogP contribution in [-0.2, 0) is 0 Å². The third-order valence-electron chi connectivity index (χ3n) is 3.69. The number of likely N-dealkylation sites (tertiary alicyclic amines) is 1. The number of phenols is 1. The van der Waals surface area contributed by atoms with E-state index in [0.29, 0.717) is 18.0 Å². The van der Waals surface area contributed by atoms with Crippen molar-refractivity contribution in [3.8, 4) is 5.75 Å². The highest BCUT2D eigenvalue weighted by Crippen LogP contribution is 2.21. The molecular formula is C14H20N2O2. The van der Waals surface area contributed by atoms with E-state index < -0.39 is 0 Å². The minimum atomic E-state index is 0.000714. The number of carbonyl (C=O) groups excluding carboxylic acids is 1. The van der Waals surface area contributed by atoms with Crippen LogP contribution in [0, 0.1) is 12.8 Å². The highest BCUT2D eigenvalue weighted by atomic mass is 16.3. The van der Waals surface area contributed by atoms with Crippen molar-refractivity contribution in [3.05, 3.63) is 29.3 Å². The summed E-state index contributed by atoms with van der Waals surface area (Å²) in [4.78, 5) is 14.1. The second-order valence-corrected chi connectivity index (χ2v) is 4.97. The molecule has 4 nitrogen and oxygen atoms in total. The summed E-state index contributed by atoms with van der Waals surface area (Å²) in [6, 6.07) is 5.09. The average molecular weight is 248 g/mol. The van der Waals surface area contributed by atoms with Gasteiger partial charge in [-0.25, -0.2) is 0 Å². The molecule has 1 aliphatic heterocycles. The van der Waals surface area contributed by atoms with Crippen LogP contribution in [-0.4, -0.2) is 35.5 Å². The fraction of sp³-hybridized carbons (Fsp3) is 0.500. The number of piperidine rings is 1. The first-order valence-corrected chi connectivity index (χ1v) is 6.40. The second kappa shape index (κ2) is 5.40. The van der Waals surface area contributed by atoms with E-state index in [1.54, 1.807) is 18.2 Å². The van der Waals surface area contributed by atoms with Crippen molar-refractivity contribution in [2.24, 2.45) is 11.7 Å². The van der Waals surface area contributed by atoms with E-state index in [-0.39, 0.29) is 11.7 Å². The number of aromatic hydroxyl groups is 1. The fourth-order valence-electron chi connectivity index (χ4n) is 2.30. The van der Waals surface area contributed by atoms with E-state index >= 15 is 0 Å². The lowest BCUT2D eigenvalue weighted by Crippen LogP contribution is -2.40. The summed E-state index contributed by atoms with van der Waals surface area (Å²) < 4.78 is 0. The van der Waals surface area contributed by atoms with Crippen molar-refractivity contribution in [1.29, 1.82) is 0 Å². The topological polar surface area (TPSA) is 66.6 Å². The van der Waals surface area contributed by atoms with E-state index in [4.69, 9.17) is 5.73 Å². The molecule has 98 valence electrons. The van der Waals surface area contributed by atoms with Crippen molar-refractivity contribution in [3.63, 3.8) is 0 Å². The molecule has 4 heteroatoms. The van der Waals surface area contributed by atoms with Gasteiger partial charge in [-0.05, 0) is 49.9 Å². The molecule has 0 bridgehead atoms. The SMILES string of the molecule is Cc1ccc(C(=O)N2CCC(CN)CC2)cc1O. The van der Waals surface area contributed by atoms with Gasteiger partial charge in [-0.3, -0.25) is 4.79 Å². The highest BCUT2D eigenvalue weighted by molar-refractivity contribution is 5.94. The van der Waals surface area contributed by atoms with Crippen LogP contribution < -0.4 is 5.73 Å². The Bertz CT molecular complexity index is 437. The summed E-state index contributed by atoms with van der Waals surface area (Å²) in [6.07, 6.45) is 1.94. The van der Waals surface area contributed by atoms with E-state index in [1.807, 2.05) is 11.8 Å². The summed E-state index contributed by atoms with van der Waals surface area (Å²) in [5.74, 6) is 0.721. The Morgan fingerprint density at radius 3 is 2.67 bits per heavy atom. The van der Waals surface area contributed by atoms with Crippen LogP contribution in [0.15, 0.2) is 18.2 Å². The van der Waals surface area contributed by atoms with Crippen LogP contribution in [0.5, 0.6) is 5.75 Å². The lowest BCUT2D eigenvalue weighted by molar-refractivity contribution is 0.0693. The largest absolute Gasteiger partial charge is 0.508 e. The number of hydrogen-bond donors (Lipinski definition) is 2. The van der Waals surface area contributed by atoms with Gasteiger partial charge in [-0.1, -0.05) is 6.07 Å². The molecule has 1 heterocycles. The van der Waals surface area contributed by atoms with Crippen LogP contribution in [0.25, 0.3) is 0 Å². The minimum absolute atomic E-state index is 0.000714. The molecule has 1 amide bonds. The lowest BCUT2D eigenvalue weighted by atomic mass is 9.96. The van der Waals surface area contributed by atoms with Crippen LogP contribution in [0.2, 0.25) is 0 Å². The van der Waals surface area contributed by atoms with Gasteiger partial charge in [0.15, 0.2) is 0 Å². The number of carbonyl (C=O) groups is 1. The predicted octanol–water partition coefficient (Wildman–Crippen LogP) is 1.51. The summed E-state index contributed by atoms with van der Waals surface area (Å²) in [6.45, 7) is 4.04. The maximum Gasteiger partial charge on any atom is 0.253 e. The number of hydrogen-bond acceptors (Lipinski definition) is 3. The lowest BCUT2D eigenvalue weighted by Gasteiger charge is -2.31. The number of amides is 1. The standard InChI is InChI=1S/C14H20N2O2/c1-10-2-3-12(8-13(10)17)14(18)16-6-4-11(9-15)5-7-16/h2-3,8,11,17H,4-7,9,15H2,1H3. The molecule has 0 radical (unpaired) electrons. The van der Waals surface area contributed by atoms with Gasteiger partial charge in [0.05, 0.1) is 0 Å².